The van der Waals surface area contributed by atoms with Gasteiger partial charge in [-0.1, -0.05) is 29.8 Å². The summed E-state index contributed by atoms with van der Waals surface area (Å²) in [7, 11) is 0. The van der Waals surface area contributed by atoms with E-state index in [1.807, 2.05) is 25.1 Å². The second kappa shape index (κ2) is 7.29. The molecule has 86 valence electrons. The molecule has 3 heteroatoms. The maximum absolute atomic E-state index is 9.87. The number of rotatable bonds is 5. The molecule has 0 saturated carbocycles. The van der Waals surface area contributed by atoms with Gasteiger partial charge in [0.2, 0.25) is 0 Å². The van der Waals surface area contributed by atoms with E-state index in [0.29, 0.717) is 11.6 Å². The van der Waals surface area contributed by atoms with Crippen molar-refractivity contribution in [2.24, 2.45) is 0 Å². The van der Waals surface area contributed by atoms with Gasteiger partial charge in [0, 0.05) is 30.1 Å². The van der Waals surface area contributed by atoms with Gasteiger partial charge in [-0.15, -0.1) is 11.8 Å². The van der Waals surface area contributed by atoms with Crippen LogP contribution in [0, 0.1) is 11.8 Å². The van der Waals surface area contributed by atoms with Crippen molar-refractivity contribution in [3.05, 3.63) is 34.9 Å². The molecule has 0 aliphatic carbocycles. The number of nitrogens with one attached hydrogen (secondary N) is 1. The third-order valence-corrected chi connectivity index (χ3v) is 2.55. The molecule has 0 aliphatic rings. The molecule has 1 aromatic carbocycles. The number of aliphatic hydroxyl groups is 1. The monoisotopic (exact) mass is 237 g/mol. The highest BCUT2D eigenvalue weighted by Crippen LogP contribution is 2.21. The Balaban J connectivity index is 2.37. The van der Waals surface area contributed by atoms with Crippen molar-refractivity contribution in [3.8, 4) is 11.8 Å². The van der Waals surface area contributed by atoms with Crippen molar-refractivity contribution >= 4 is 11.6 Å². The lowest BCUT2D eigenvalue weighted by molar-refractivity contribution is 0.175. The summed E-state index contributed by atoms with van der Waals surface area (Å²) in [5.74, 6) is 5.78. The fourth-order valence-electron chi connectivity index (χ4n) is 1.37. The average molecular weight is 238 g/mol. The zero-order chi connectivity index (χ0) is 11.8. The minimum absolute atomic E-state index is 0.495. The normalized spacial score (nSPS) is 11.7. The van der Waals surface area contributed by atoms with Gasteiger partial charge in [-0.2, -0.15) is 0 Å². The molecule has 1 rings (SSSR count). The van der Waals surface area contributed by atoms with Gasteiger partial charge < -0.3 is 10.4 Å². The summed E-state index contributed by atoms with van der Waals surface area (Å²) in [4.78, 5) is 0. The van der Waals surface area contributed by atoms with Crippen molar-refractivity contribution in [2.45, 2.75) is 19.4 Å². The van der Waals surface area contributed by atoms with Crippen molar-refractivity contribution in [1.29, 1.82) is 0 Å². The summed E-state index contributed by atoms with van der Waals surface area (Å²) in [6.07, 6.45) is 0.231. The van der Waals surface area contributed by atoms with Crippen LogP contribution in [0.4, 0.5) is 0 Å². The Morgan fingerprint density at radius 3 is 2.88 bits per heavy atom. The van der Waals surface area contributed by atoms with Crippen LogP contribution >= 0.6 is 11.6 Å². The highest BCUT2D eigenvalue weighted by Gasteiger charge is 2.09. The number of hydrogen-bond donors (Lipinski definition) is 2. The largest absolute Gasteiger partial charge is 0.387 e. The number of hydrogen-bond acceptors (Lipinski definition) is 2. The van der Waals surface area contributed by atoms with E-state index in [1.165, 1.54) is 0 Å². The standard InChI is InChI=1S/C13H16ClNO/c1-2-3-6-9-15-10-13(16)11-7-4-5-8-12(11)14/h4-5,7-8,13,15-16H,6,9-10H2,1H3. The van der Waals surface area contributed by atoms with E-state index in [2.05, 4.69) is 17.2 Å². The van der Waals surface area contributed by atoms with E-state index < -0.39 is 6.10 Å². The van der Waals surface area contributed by atoms with Gasteiger partial charge in [0.15, 0.2) is 0 Å². The number of aliphatic hydroxyl groups excluding tert-OH is 1. The molecule has 1 atom stereocenters. The van der Waals surface area contributed by atoms with Crippen molar-refractivity contribution < 1.29 is 5.11 Å². The number of benzene rings is 1. The van der Waals surface area contributed by atoms with Gasteiger partial charge in [0.25, 0.3) is 0 Å². The minimum Gasteiger partial charge on any atom is -0.387 e. The first kappa shape index (κ1) is 13.1. The first-order valence-electron chi connectivity index (χ1n) is 5.28. The Kier molecular flexibility index (Phi) is 5.95. The maximum Gasteiger partial charge on any atom is 0.0928 e. The van der Waals surface area contributed by atoms with Crippen molar-refractivity contribution in [1.82, 2.24) is 5.32 Å². The molecule has 0 bridgehead atoms. The Morgan fingerprint density at radius 2 is 2.19 bits per heavy atom. The second-order valence-corrected chi connectivity index (χ2v) is 3.83. The molecule has 1 aromatic rings. The topological polar surface area (TPSA) is 32.3 Å². The highest BCUT2D eigenvalue weighted by atomic mass is 35.5. The predicted molar refractivity (Wildman–Crippen MR) is 67.3 cm³/mol. The van der Waals surface area contributed by atoms with Gasteiger partial charge in [0.1, 0.15) is 0 Å². The summed E-state index contributed by atoms with van der Waals surface area (Å²) in [6, 6.07) is 7.33. The number of halogens is 1. The second-order valence-electron chi connectivity index (χ2n) is 3.42. The Bertz CT molecular complexity index is 381. The van der Waals surface area contributed by atoms with E-state index in [-0.39, 0.29) is 0 Å². The Labute approximate surface area is 102 Å². The first-order valence-corrected chi connectivity index (χ1v) is 5.66. The third kappa shape index (κ3) is 4.24. The zero-order valence-electron chi connectivity index (χ0n) is 9.33. The van der Waals surface area contributed by atoms with Gasteiger partial charge >= 0.3 is 0 Å². The lowest BCUT2D eigenvalue weighted by atomic mass is 10.1. The van der Waals surface area contributed by atoms with E-state index >= 15 is 0 Å². The Morgan fingerprint density at radius 1 is 1.44 bits per heavy atom. The minimum atomic E-state index is -0.566. The molecule has 2 N–H and O–H groups in total. The van der Waals surface area contributed by atoms with Crippen LogP contribution in [-0.4, -0.2) is 18.2 Å². The molecule has 0 radical (unpaired) electrons. The predicted octanol–water partition coefficient (Wildman–Crippen LogP) is 2.38. The van der Waals surface area contributed by atoms with E-state index in [0.717, 1.165) is 18.5 Å². The quantitative estimate of drug-likeness (QED) is 0.609. The fraction of sp³-hybridized carbons (Fsp3) is 0.385. The molecule has 0 fully saturated rings. The van der Waals surface area contributed by atoms with Crippen LogP contribution in [-0.2, 0) is 0 Å². The molecule has 0 spiro atoms. The van der Waals surface area contributed by atoms with Gasteiger partial charge in [-0.25, -0.2) is 0 Å². The summed E-state index contributed by atoms with van der Waals surface area (Å²) in [6.45, 7) is 3.09. The maximum atomic E-state index is 9.87. The van der Waals surface area contributed by atoms with Gasteiger partial charge in [0.05, 0.1) is 6.10 Å². The lowest BCUT2D eigenvalue weighted by Crippen LogP contribution is -2.22. The van der Waals surface area contributed by atoms with Crippen LogP contribution < -0.4 is 5.32 Å². The summed E-state index contributed by atoms with van der Waals surface area (Å²) >= 11 is 5.97. The smallest absolute Gasteiger partial charge is 0.0928 e. The molecule has 0 aliphatic heterocycles. The molecule has 0 heterocycles. The molecule has 0 amide bonds. The average Bonchev–Trinajstić information content (AvgIpc) is 2.29. The van der Waals surface area contributed by atoms with Crippen LogP contribution in [0.25, 0.3) is 0 Å². The van der Waals surface area contributed by atoms with Crippen LogP contribution in [0.2, 0.25) is 5.02 Å². The highest BCUT2D eigenvalue weighted by molar-refractivity contribution is 6.31. The fourth-order valence-corrected chi connectivity index (χ4v) is 1.63. The molecule has 1 unspecified atom stereocenters. The molecule has 16 heavy (non-hydrogen) atoms. The lowest BCUT2D eigenvalue weighted by Gasteiger charge is -2.12. The summed E-state index contributed by atoms with van der Waals surface area (Å²) in [5, 5.41) is 13.6. The summed E-state index contributed by atoms with van der Waals surface area (Å²) < 4.78 is 0. The summed E-state index contributed by atoms with van der Waals surface area (Å²) in [5.41, 5.74) is 0.762. The zero-order valence-corrected chi connectivity index (χ0v) is 10.1. The van der Waals surface area contributed by atoms with Gasteiger partial charge in [-0.3, -0.25) is 0 Å². The van der Waals surface area contributed by atoms with Crippen molar-refractivity contribution in [2.75, 3.05) is 13.1 Å². The molecule has 0 aromatic heterocycles. The van der Waals surface area contributed by atoms with Crippen LogP contribution in [0.5, 0.6) is 0 Å². The molecular weight excluding hydrogens is 222 g/mol. The van der Waals surface area contributed by atoms with Crippen molar-refractivity contribution in [3.63, 3.8) is 0 Å². The van der Waals surface area contributed by atoms with Gasteiger partial charge in [-0.05, 0) is 13.0 Å². The Hall–Kier alpha value is -1.01. The van der Waals surface area contributed by atoms with Crippen LogP contribution in [0.3, 0.4) is 0 Å². The van der Waals surface area contributed by atoms with E-state index in [9.17, 15) is 5.11 Å². The van der Waals surface area contributed by atoms with Crippen LogP contribution in [0.1, 0.15) is 25.0 Å². The van der Waals surface area contributed by atoms with E-state index in [4.69, 9.17) is 11.6 Å². The third-order valence-electron chi connectivity index (χ3n) is 2.21. The molecule has 0 saturated heterocycles. The SMILES string of the molecule is CC#CCCNCC(O)c1ccccc1Cl. The molecule has 2 nitrogen and oxygen atoms in total. The first-order chi connectivity index (χ1) is 7.75. The van der Waals surface area contributed by atoms with Crippen LogP contribution in [0.15, 0.2) is 24.3 Å². The molecular formula is C13H16ClNO. The van der Waals surface area contributed by atoms with E-state index in [1.54, 1.807) is 6.07 Å².